The number of hydrogen-bond acceptors (Lipinski definition) is 8. The van der Waals surface area contributed by atoms with Crippen LogP contribution in [-0.4, -0.2) is 98.6 Å². The minimum absolute atomic E-state index is 0.0127. The molecule has 2 amide bonds. The highest BCUT2D eigenvalue weighted by Gasteiger charge is 2.30. The topological polar surface area (TPSA) is 109 Å². The average molecular weight is 631 g/mol. The van der Waals surface area contributed by atoms with Crippen LogP contribution in [0.15, 0.2) is 30.6 Å². The van der Waals surface area contributed by atoms with Crippen molar-refractivity contribution in [1.82, 2.24) is 34.2 Å². The summed E-state index contributed by atoms with van der Waals surface area (Å²) in [4.78, 5) is 45.9. The van der Waals surface area contributed by atoms with Crippen LogP contribution < -0.4 is 5.32 Å². The summed E-state index contributed by atoms with van der Waals surface area (Å²) in [6.45, 7) is 10.5. The number of carbonyl (C=O) groups excluding carboxylic acids is 2. The molecule has 0 radical (unpaired) electrons. The van der Waals surface area contributed by atoms with E-state index < -0.39 is 5.60 Å². The molecule has 1 atom stereocenters. The third-order valence-corrected chi connectivity index (χ3v) is 9.66. The number of fused-ring (bicyclic) bond motifs is 1. The van der Waals surface area contributed by atoms with Gasteiger partial charge in [0.25, 0.3) is 5.91 Å². The van der Waals surface area contributed by atoms with Gasteiger partial charge in [0.15, 0.2) is 0 Å². The van der Waals surface area contributed by atoms with Crippen LogP contribution in [-0.2, 0) is 4.74 Å². The Morgan fingerprint density at radius 2 is 1.74 bits per heavy atom. The van der Waals surface area contributed by atoms with E-state index in [-0.39, 0.29) is 18.0 Å². The van der Waals surface area contributed by atoms with Gasteiger partial charge in [-0.25, -0.2) is 14.8 Å². The van der Waals surface area contributed by atoms with Gasteiger partial charge in [-0.2, -0.15) is 4.98 Å². The van der Waals surface area contributed by atoms with Gasteiger partial charge in [-0.15, -0.1) is 0 Å². The van der Waals surface area contributed by atoms with Crippen molar-refractivity contribution in [2.75, 3.05) is 52.1 Å². The Morgan fingerprint density at radius 3 is 2.41 bits per heavy atom. The smallest absolute Gasteiger partial charge is 0.410 e. The highest BCUT2D eigenvalue weighted by Crippen LogP contribution is 2.35. The van der Waals surface area contributed by atoms with E-state index in [2.05, 4.69) is 25.8 Å². The molecule has 1 saturated carbocycles. The minimum Gasteiger partial charge on any atom is -0.444 e. The fraction of sp³-hybridized carbons (Fsp3) is 0.629. The van der Waals surface area contributed by atoms with Crippen molar-refractivity contribution in [1.29, 1.82) is 0 Å². The highest BCUT2D eigenvalue weighted by molar-refractivity contribution is 5.97. The first-order valence-electron chi connectivity index (χ1n) is 17.1. The maximum Gasteiger partial charge on any atom is 0.410 e. The fourth-order valence-electron chi connectivity index (χ4n) is 7.35. The zero-order chi connectivity index (χ0) is 32.4. The van der Waals surface area contributed by atoms with Crippen LogP contribution in [0.2, 0.25) is 0 Å². The Bertz CT molecular complexity index is 1520. The van der Waals surface area contributed by atoms with Crippen LogP contribution in [0.1, 0.15) is 100 Å². The molecule has 248 valence electrons. The number of amides is 2. The number of aromatic nitrogens is 4. The quantitative estimate of drug-likeness (QED) is 0.328. The number of nitrogens with zero attached hydrogens (tertiary/aromatic N) is 7. The number of ether oxygens (including phenoxy) is 1. The first kappa shape index (κ1) is 32.2. The van der Waals surface area contributed by atoms with Crippen molar-refractivity contribution in [3.05, 3.63) is 41.9 Å². The molecule has 0 unspecified atom stereocenters. The highest BCUT2D eigenvalue weighted by atomic mass is 16.6. The molecular weight excluding hydrogens is 580 g/mol. The van der Waals surface area contributed by atoms with Gasteiger partial charge in [-0.05, 0) is 102 Å². The van der Waals surface area contributed by atoms with E-state index in [1.54, 1.807) is 25.2 Å². The maximum atomic E-state index is 13.0. The summed E-state index contributed by atoms with van der Waals surface area (Å²) < 4.78 is 7.75. The van der Waals surface area contributed by atoms with E-state index in [9.17, 15) is 9.59 Å². The maximum absolute atomic E-state index is 13.0. The van der Waals surface area contributed by atoms with Crippen molar-refractivity contribution >= 4 is 34.8 Å². The molecule has 3 aromatic heterocycles. The van der Waals surface area contributed by atoms with Crippen LogP contribution in [0.4, 0.5) is 16.6 Å². The molecule has 2 saturated heterocycles. The number of rotatable bonds is 7. The minimum atomic E-state index is -0.461. The van der Waals surface area contributed by atoms with Crippen molar-refractivity contribution in [3.8, 4) is 0 Å². The lowest BCUT2D eigenvalue weighted by molar-refractivity contribution is 0.0139. The third-order valence-electron chi connectivity index (χ3n) is 9.66. The monoisotopic (exact) mass is 630 g/mol. The summed E-state index contributed by atoms with van der Waals surface area (Å²) in [5, 5.41) is 4.17. The van der Waals surface area contributed by atoms with Crippen LogP contribution >= 0.6 is 0 Å². The SMILES string of the molecule is CN(C)C(=O)c1cc2cnc(Nc3ccc(C4CCN(C[C@H]5CCCN(C(=O)OC(C)(C)C)C5)CC4)cn3)nc2n1C1CCCC1. The number of hydrogen-bond donors (Lipinski definition) is 1. The first-order valence-corrected chi connectivity index (χ1v) is 17.1. The zero-order valence-corrected chi connectivity index (χ0v) is 28.2. The molecule has 0 aromatic carbocycles. The summed E-state index contributed by atoms with van der Waals surface area (Å²) in [5.41, 5.74) is 2.27. The Labute approximate surface area is 272 Å². The number of carbonyl (C=O) groups is 2. The number of nitrogens with one attached hydrogen (secondary N) is 1. The van der Waals surface area contributed by atoms with Gasteiger partial charge in [0.2, 0.25) is 5.95 Å². The molecule has 2 aliphatic heterocycles. The van der Waals surface area contributed by atoms with Gasteiger partial charge in [-0.3, -0.25) is 4.79 Å². The average Bonchev–Trinajstić information content (AvgIpc) is 3.69. The molecule has 1 N–H and O–H groups in total. The van der Waals surface area contributed by atoms with Gasteiger partial charge in [0, 0.05) is 57.6 Å². The van der Waals surface area contributed by atoms with E-state index in [0.29, 0.717) is 29.3 Å². The lowest BCUT2D eigenvalue weighted by atomic mass is 9.89. The normalized spacial score (nSPS) is 20.3. The third kappa shape index (κ3) is 7.45. The zero-order valence-electron chi connectivity index (χ0n) is 28.2. The predicted octanol–water partition coefficient (Wildman–Crippen LogP) is 6.21. The predicted molar refractivity (Wildman–Crippen MR) is 180 cm³/mol. The Balaban J connectivity index is 1.05. The number of piperidine rings is 2. The molecule has 3 aliphatic rings. The number of likely N-dealkylation sites (tertiary alicyclic amines) is 2. The second-order valence-electron chi connectivity index (χ2n) is 14.6. The first-order chi connectivity index (χ1) is 22.0. The Kier molecular flexibility index (Phi) is 9.49. The van der Waals surface area contributed by atoms with Gasteiger partial charge >= 0.3 is 6.09 Å². The Morgan fingerprint density at radius 1 is 0.978 bits per heavy atom. The summed E-state index contributed by atoms with van der Waals surface area (Å²) in [7, 11) is 3.58. The van der Waals surface area contributed by atoms with E-state index in [4.69, 9.17) is 14.7 Å². The second kappa shape index (κ2) is 13.6. The molecule has 6 rings (SSSR count). The largest absolute Gasteiger partial charge is 0.444 e. The molecular formula is C35H50N8O3. The summed E-state index contributed by atoms with van der Waals surface area (Å²) >= 11 is 0. The molecule has 3 fully saturated rings. The van der Waals surface area contributed by atoms with Crippen molar-refractivity contribution < 1.29 is 14.3 Å². The van der Waals surface area contributed by atoms with E-state index in [1.807, 2.05) is 44.0 Å². The molecule has 46 heavy (non-hydrogen) atoms. The van der Waals surface area contributed by atoms with Gasteiger partial charge < -0.3 is 29.3 Å². The van der Waals surface area contributed by atoms with Crippen molar-refractivity contribution in [3.63, 3.8) is 0 Å². The standard InChI is InChI=1S/C35H50N8O3/c1-35(2,3)46-34(45)42-16-8-9-24(23-42)22-41-17-14-25(15-18-41)26-12-13-30(36-20-26)38-33-37-21-27-19-29(32(44)40(4)5)43(31(27)39-33)28-10-6-7-11-28/h12-13,19-21,24-25,28H,6-11,14-18,22-23H2,1-5H3,(H,36,37,38,39)/t24-/m1/s1. The van der Waals surface area contributed by atoms with E-state index in [1.165, 1.54) is 18.4 Å². The molecule has 11 heteroatoms. The van der Waals surface area contributed by atoms with Gasteiger partial charge in [-0.1, -0.05) is 18.9 Å². The van der Waals surface area contributed by atoms with Crippen LogP contribution in [0.3, 0.4) is 0 Å². The fourth-order valence-corrected chi connectivity index (χ4v) is 7.35. The van der Waals surface area contributed by atoms with Crippen LogP contribution in [0.5, 0.6) is 0 Å². The Hall–Kier alpha value is -3.73. The molecule has 11 nitrogen and oxygen atoms in total. The van der Waals surface area contributed by atoms with E-state index in [0.717, 1.165) is 82.3 Å². The summed E-state index contributed by atoms with van der Waals surface area (Å²) in [6.07, 6.45) is 12.4. The van der Waals surface area contributed by atoms with Crippen molar-refractivity contribution in [2.24, 2.45) is 5.92 Å². The number of anilines is 2. The van der Waals surface area contributed by atoms with Crippen LogP contribution in [0, 0.1) is 5.92 Å². The molecule has 1 aliphatic carbocycles. The second-order valence-corrected chi connectivity index (χ2v) is 14.6. The summed E-state index contributed by atoms with van der Waals surface area (Å²) in [5.74, 6) is 2.15. The van der Waals surface area contributed by atoms with E-state index >= 15 is 0 Å². The lowest BCUT2D eigenvalue weighted by Gasteiger charge is -2.38. The number of pyridine rings is 1. The lowest BCUT2D eigenvalue weighted by Crippen LogP contribution is -2.46. The molecule has 3 aromatic rings. The van der Waals surface area contributed by atoms with Gasteiger partial charge in [0.05, 0.1) is 0 Å². The van der Waals surface area contributed by atoms with Gasteiger partial charge in [0.1, 0.15) is 22.8 Å². The molecule has 0 spiro atoms. The van der Waals surface area contributed by atoms with Crippen LogP contribution in [0.25, 0.3) is 11.0 Å². The van der Waals surface area contributed by atoms with Crippen molar-refractivity contribution in [2.45, 2.75) is 89.7 Å². The summed E-state index contributed by atoms with van der Waals surface area (Å²) in [6, 6.07) is 6.38. The molecule has 0 bridgehead atoms. The molecule has 5 heterocycles.